The van der Waals surface area contributed by atoms with E-state index in [1.54, 1.807) is 0 Å². The van der Waals surface area contributed by atoms with Gasteiger partial charge in [0.25, 0.3) is 0 Å². The molecule has 12 aromatic rings. The van der Waals surface area contributed by atoms with Gasteiger partial charge in [0.1, 0.15) is 0 Å². The number of hydrogen-bond acceptors (Lipinski definition) is 2. The van der Waals surface area contributed by atoms with Crippen molar-refractivity contribution in [2.24, 2.45) is 0 Å². The molecule has 0 aliphatic heterocycles. The third-order valence-electron chi connectivity index (χ3n) is 12.0. The van der Waals surface area contributed by atoms with Crippen LogP contribution in [-0.2, 0) is 0 Å². The fourth-order valence-electron chi connectivity index (χ4n) is 9.19. The summed E-state index contributed by atoms with van der Waals surface area (Å²) in [5.74, 6) is 0. The minimum Gasteiger partial charge on any atom is -0.315 e. The molecule has 3 aromatic heterocycles. The summed E-state index contributed by atoms with van der Waals surface area (Å²) in [6.45, 7) is 0. The van der Waals surface area contributed by atoms with Gasteiger partial charge >= 0.3 is 0 Å². The Morgan fingerprint density at radius 2 is 1.10 bits per heavy atom. The highest BCUT2D eigenvalue weighted by atomic mass is 32.1. The van der Waals surface area contributed by atoms with E-state index in [1.807, 2.05) is 11.3 Å². The van der Waals surface area contributed by atoms with Crippen molar-refractivity contribution in [1.29, 1.82) is 0 Å². The van der Waals surface area contributed by atoms with Crippen LogP contribution in [0.1, 0.15) is 0 Å². The summed E-state index contributed by atoms with van der Waals surface area (Å²) in [5, 5.41) is 12.6. The molecule has 0 saturated heterocycles. The molecule has 3 heterocycles. The van der Waals surface area contributed by atoms with Gasteiger partial charge in [-0.05, 0) is 121 Å². The molecule has 0 amide bonds. The zero-order valence-corrected chi connectivity index (χ0v) is 33.7. The molecule has 0 bridgehead atoms. The van der Waals surface area contributed by atoms with Crippen LogP contribution in [-0.4, -0.2) is 10.7 Å². The molecular weight excluding hydrogens is 752 g/mol. The first kappa shape index (κ1) is 34.0. The van der Waals surface area contributed by atoms with Crippen molar-refractivity contribution in [3.63, 3.8) is 0 Å². The van der Waals surface area contributed by atoms with Crippen molar-refractivity contribution in [3.8, 4) is 22.3 Å². The number of benzene rings is 9. The first-order chi connectivity index (χ1) is 29.2. The van der Waals surface area contributed by atoms with Crippen LogP contribution in [0.15, 0.2) is 200 Å². The fraction of sp³-hybridized carbons (Fsp3) is 0. The van der Waals surface area contributed by atoms with Crippen molar-refractivity contribution < 1.29 is 0 Å². The van der Waals surface area contributed by atoms with Gasteiger partial charge < -0.3 is 9.30 Å². The quantitative estimate of drug-likeness (QED) is 0.120. The predicted molar refractivity (Wildman–Crippen MR) is 260 cm³/mol. The highest BCUT2D eigenvalue weighted by molar-refractivity contribution is 7.47. The molecule has 0 N–H and O–H groups in total. The summed E-state index contributed by atoms with van der Waals surface area (Å²) < 4.78 is 4.96. The molecule has 0 unspecified atom stereocenters. The van der Waals surface area contributed by atoms with E-state index in [9.17, 15) is 0 Å². The van der Waals surface area contributed by atoms with E-state index in [0.717, 1.165) is 25.3 Å². The SMILES string of the molecule is C=Pc1c2c(-c3cccc(-c4ccc(N(c5ccc6c(ccc7ccccc76)c5)c5ccc6sc7ccccc7c6c5)cc4)c3)cccc2n2cc3ccccc3cc12. The maximum absolute atomic E-state index is 4.38. The zero-order valence-electron chi connectivity index (χ0n) is 32.0. The summed E-state index contributed by atoms with van der Waals surface area (Å²) in [6, 6.07) is 71.4. The van der Waals surface area contributed by atoms with Crippen LogP contribution in [0, 0.1) is 0 Å². The third-order valence-corrected chi connectivity index (χ3v) is 13.9. The standard InChI is InChI=1S/C55H35N2PS/c1-58-55-51-32-38-11-2-3-12-41(38)34-56(51)50-18-9-17-47(54(50)55)39-14-8-13-37(30-39)35-22-24-42(25-23-35)57(44-27-29-53-49(33-44)48-16-6-7-19-52(48)59-53)43-26-28-46-40(31-43)21-20-36-10-4-5-15-45(36)46/h2-34H,1H2. The Kier molecular flexibility index (Phi) is 7.81. The Balaban J connectivity index is 0.972. The number of rotatable bonds is 6. The van der Waals surface area contributed by atoms with E-state index in [4.69, 9.17) is 0 Å². The molecular formula is C55H35N2PS. The number of anilines is 3. The zero-order chi connectivity index (χ0) is 39.0. The van der Waals surface area contributed by atoms with Crippen LogP contribution in [0.5, 0.6) is 0 Å². The normalized spacial score (nSPS) is 11.9. The second-order valence-electron chi connectivity index (χ2n) is 15.3. The average Bonchev–Trinajstić information content (AvgIpc) is 3.83. The van der Waals surface area contributed by atoms with Crippen LogP contribution in [0.25, 0.3) is 91.2 Å². The maximum atomic E-state index is 4.38. The topological polar surface area (TPSA) is 7.65 Å². The number of pyridine rings is 1. The third kappa shape index (κ3) is 5.51. The molecule has 0 radical (unpaired) electrons. The monoisotopic (exact) mass is 786 g/mol. The highest BCUT2D eigenvalue weighted by Crippen LogP contribution is 2.43. The summed E-state index contributed by atoms with van der Waals surface area (Å²) >= 11 is 1.86. The van der Waals surface area contributed by atoms with Gasteiger partial charge in [-0.25, -0.2) is 0 Å². The van der Waals surface area contributed by atoms with Crippen molar-refractivity contribution in [2.75, 3.05) is 4.90 Å². The number of hydrogen-bond donors (Lipinski definition) is 0. The van der Waals surface area contributed by atoms with Gasteiger partial charge in [-0.3, -0.25) is 0 Å². The maximum Gasteiger partial charge on any atom is 0.0587 e. The number of fused-ring (bicyclic) bond motifs is 10. The summed E-state index contributed by atoms with van der Waals surface area (Å²) in [7, 11) is 1.00. The van der Waals surface area contributed by atoms with Crippen molar-refractivity contribution in [1.82, 2.24) is 4.40 Å². The second kappa shape index (κ2) is 13.5. The molecule has 0 aliphatic carbocycles. The lowest BCUT2D eigenvalue weighted by Crippen LogP contribution is -2.09. The van der Waals surface area contributed by atoms with Gasteiger partial charge in [0.15, 0.2) is 0 Å². The minimum absolute atomic E-state index is 1.00. The lowest BCUT2D eigenvalue weighted by atomic mass is 9.96. The molecule has 0 spiro atoms. The lowest BCUT2D eigenvalue weighted by Gasteiger charge is -2.26. The van der Waals surface area contributed by atoms with Crippen molar-refractivity contribution in [3.05, 3.63) is 200 Å². The Morgan fingerprint density at radius 3 is 1.98 bits per heavy atom. The van der Waals surface area contributed by atoms with Gasteiger partial charge in [0, 0.05) is 54.1 Å². The van der Waals surface area contributed by atoms with E-state index in [-0.39, 0.29) is 0 Å². The van der Waals surface area contributed by atoms with E-state index in [2.05, 4.69) is 216 Å². The molecule has 0 aliphatic rings. The summed E-state index contributed by atoms with van der Waals surface area (Å²) in [4.78, 5) is 2.40. The molecule has 0 atom stereocenters. The Hall–Kier alpha value is -7.03. The van der Waals surface area contributed by atoms with Crippen LogP contribution in [0.2, 0.25) is 0 Å². The van der Waals surface area contributed by atoms with Gasteiger partial charge in [-0.1, -0.05) is 142 Å². The number of nitrogens with zero attached hydrogens (tertiary/aromatic N) is 2. The summed E-state index contributed by atoms with van der Waals surface area (Å²) in [5.41, 5.74) is 10.6. The Morgan fingerprint density at radius 1 is 0.424 bits per heavy atom. The summed E-state index contributed by atoms with van der Waals surface area (Å²) in [6.07, 6.45) is 6.65. The van der Waals surface area contributed by atoms with Crippen LogP contribution in [0.4, 0.5) is 17.1 Å². The number of thiophene rings is 1. The first-order valence-electron chi connectivity index (χ1n) is 19.9. The molecule has 276 valence electrons. The first-order valence-corrected chi connectivity index (χ1v) is 21.8. The molecule has 59 heavy (non-hydrogen) atoms. The van der Waals surface area contributed by atoms with E-state index in [0.29, 0.717) is 0 Å². The largest absolute Gasteiger partial charge is 0.315 e. The van der Waals surface area contributed by atoms with Gasteiger partial charge in [-0.2, -0.15) is 0 Å². The second-order valence-corrected chi connectivity index (χ2v) is 17.1. The smallest absolute Gasteiger partial charge is 0.0587 e. The minimum atomic E-state index is 1.00. The molecule has 0 saturated carbocycles. The van der Waals surface area contributed by atoms with E-state index >= 15 is 0 Å². The Bertz CT molecular complexity index is 3650. The predicted octanol–water partition coefficient (Wildman–Crippen LogP) is 15.7. The molecule has 12 rings (SSSR count). The van der Waals surface area contributed by atoms with Gasteiger partial charge in [0.05, 0.1) is 11.0 Å². The number of aromatic nitrogens is 1. The Labute approximate surface area is 347 Å². The van der Waals surface area contributed by atoms with Crippen LogP contribution in [0.3, 0.4) is 0 Å². The van der Waals surface area contributed by atoms with Crippen molar-refractivity contribution >= 4 is 117 Å². The van der Waals surface area contributed by atoms with E-state index < -0.39 is 0 Å². The van der Waals surface area contributed by atoms with Crippen LogP contribution >= 0.6 is 19.5 Å². The van der Waals surface area contributed by atoms with E-state index in [1.165, 1.54) is 96.5 Å². The van der Waals surface area contributed by atoms with Gasteiger partial charge in [0.2, 0.25) is 0 Å². The fourth-order valence-corrected chi connectivity index (χ4v) is 11.0. The lowest BCUT2D eigenvalue weighted by molar-refractivity contribution is 1.28. The van der Waals surface area contributed by atoms with Gasteiger partial charge in [-0.15, -0.1) is 11.3 Å². The molecule has 2 nitrogen and oxygen atoms in total. The molecule has 4 heteroatoms. The molecule has 0 fully saturated rings. The van der Waals surface area contributed by atoms with Crippen molar-refractivity contribution in [2.45, 2.75) is 0 Å². The highest BCUT2D eigenvalue weighted by Gasteiger charge is 2.18. The average molecular weight is 787 g/mol. The molecule has 9 aromatic carbocycles. The van der Waals surface area contributed by atoms with Crippen LogP contribution < -0.4 is 10.2 Å².